The van der Waals surface area contributed by atoms with Gasteiger partial charge in [-0.15, -0.1) is 0 Å². The number of nitriles is 1. The Morgan fingerprint density at radius 1 is 1.64 bits per heavy atom. The maximum atomic E-state index is 11.2. The summed E-state index contributed by atoms with van der Waals surface area (Å²) < 4.78 is 0. The molecule has 0 aromatic carbocycles. The summed E-state index contributed by atoms with van der Waals surface area (Å²) in [5.41, 5.74) is 0. The Morgan fingerprint density at radius 2 is 2.21 bits per heavy atom. The third-order valence-corrected chi connectivity index (χ3v) is 1.62. The molecule has 6 heteroatoms. The van der Waals surface area contributed by atoms with Crippen LogP contribution in [0.25, 0.3) is 0 Å². The zero-order valence-electron chi connectivity index (χ0n) is 8.15. The maximum absolute atomic E-state index is 11.2. The normalized spacial score (nSPS) is 11.2. The predicted molar refractivity (Wildman–Crippen MR) is 48.5 cm³/mol. The van der Waals surface area contributed by atoms with Crippen LogP contribution in [0.5, 0.6) is 0 Å². The number of hydrogen-bond donors (Lipinski definition) is 2. The Morgan fingerprint density at radius 3 is 2.64 bits per heavy atom. The van der Waals surface area contributed by atoms with Crippen molar-refractivity contribution in [2.75, 3.05) is 13.6 Å². The molecule has 0 fully saturated rings. The highest BCUT2D eigenvalue weighted by Crippen LogP contribution is 1.90. The van der Waals surface area contributed by atoms with E-state index < -0.39 is 18.0 Å². The summed E-state index contributed by atoms with van der Waals surface area (Å²) in [6.45, 7) is 1.66. The van der Waals surface area contributed by atoms with Gasteiger partial charge in [-0.1, -0.05) is 0 Å². The lowest BCUT2D eigenvalue weighted by Gasteiger charge is -2.18. The van der Waals surface area contributed by atoms with E-state index in [0.29, 0.717) is 0 Å². The van der Waals surface area contributed by atoms with Crippen LogP contribution in [-0.4, -0.2) is 41.6 Å². The van der Waals surface area contributed by atoms with Crippen LogP contribution in [0, 0.1) is 11.3 Å². The van der Waals surface area contributed by atoms with E-state index in [-0.39, 0.29) is 13.0 Å². The summed E-state index contributed by atoms with van der Waals surface area (Å²) in [5, 5.41) is 19.0. The molecule has 0 rings (SSSR count). The Balaban J connectivity index is 3.96. The minimum absolute atomic E-state index is 0.228. The summed E-state index contributed by atoms with van der Waals surface area (Å²) in [7, 11) is 1.50. The van der Waals surface area contributed by atoms with Crippen molar-refractivity contribution in [1.82, 2.24) is 10.2 Å². The van der Waals surface area contributed by atoms with E-state index in [1.165, 1.54) is 18.9 Å². The number of hydrogen-bond acceptors (Lipinski definition) is 3. The van der Waals surface area contributed by atoms with E-state index in [0.717, 1.165) is 0 Å². The minimum Gasteiger partial charge on any atom is -0.480 e. The third kappa shape index (κ3) is 4.30. The zero-order chi connectivity index (χ0) is 11.1. The molecule has 0 aromatic rings. The molecule has 0 aliphatic rings. The number of nitrogens with zero attached hydrogens (tertiary/aromatic N) is 2. The van der Waals surface area contributed by atoms with Crippen molar-refractivity contribution in [2.45, 2.75) is 19.4 Å². The third-order valence-electron chi connectivity index (χ3n) is 1.62. The average Bonchev–Trinajstić information content (AvgIpc) is 2.13. The van der Waals surface area contributed by atoms with Crippen molar-refractivity contribution in [1.29, 1.82) is 5.26 Å². The van der Waals surface area contributed by atoms with E-state index in [2.05, 4.69) is 5.32 Å². The SMILES string of the molecule is C[C@H](NC(=O)N(C)CCC#N)C(=O)O. The molecule has 78 valence electrons. The van der Waals surface area contributed by atoms with E-state index in [4.69, 9.17) is 10.4 Å². The number of carboxylic acids is 1. The molecule has 0 spiro atoms. The monoisotopic (exact) mass is 199 g/mol. The first-order chi connectivity index (χ1) is 6.49. The van der Waals surface area contributed by atoms with Crippen LogP contribution in [0.4, 0.5) is 4.79 Å². The van der Waals surface area contributed by atoms with E-state index >= 15 is 0 Å². The number of carbonyl (C=O) groups excluding carboxylic acids is 1. The fourth-order valence-corrected chi connectivity index (χ4v) is 0.676. The first-order valence-electron chi connectivity index (χ1n) is 4.10. The molecule has 2 N–H and O–H groups in total. The lowest BCUT2D eigenvalue weighted by molar-refractivity contribution is -0.138. The van der Waals surface area contributed by atoms with E-state index in [1.807, 2.05) is 6.07 Å². The van der Waals surface area contributed by atoms with Crippen LogP contribution in [0.2, 0.25) is 0 Å². The largest absolute Gasteiger partial charge is 0.480 e. The van der Waals surface area contributed by atoms with Crippen LogP contribution in [-0.2, 0) is 4.79 Å². The van der Waals surface area contributed by atoms with Gasteiger partial charge >= 0.3 is 12.0 Å². The van der Waals surface area contributed by atoms with Gasteiger partial charge in [0, 0.05) is 13.6 Å². The highest BCUT2D eigenvalue weighted by molar-refractivity contribution is 5.82. The molecule has 0 radical (unpaired) electrons. The van der Waals surface area contributed by atoms with Crippen LogP contribution in [0.1, 0.15) is 13.3 Å². The molecule has 0 aromatic heterocycles. The molecule has 0 aliphatic heterocycles. The molecule has 0 unspecified atom stereocenters. The molecule has 0 saturated carbocycles. The summed E-state index contributed by atoms with van der Waals surface area (Å²) in [6.07, 6.45) is 0.228. The van der Waals surface area contributed by atoms with Crippen molar-refractivity contribution in [3.63, 3.8) is 0 Å². The predicted octanol–water partition coefficient (Wildman–Crippen LogP) is 0.0146. The number of aliphatic carboxylic acids is 1. The molecular formula is C8H13N3O3. The van der Waals surface area contributed by atoms with Gasteiger partial charge in [0.25, 0.3) is 0 Å². The molecule has 14 heavy (non-hydrogen) atoms. The van der Waals surface area contributed by atoms with E-state index in [1.54, 1.807) is 0 Å². The van der Waals surface area contributed by atoms with Gasteiger partial charge in [-0.3, -0.25) is 4.79 Å². The minimum atomic E-state index is -1.09. The zero-order valence-corrected chi connectivity index (χ0v) is 8.15. The van der Waals surface area contributed by atoms with Gasteiger partial charge in [-0.05, 0) is 6.92 Å². The molecular weight excluding hydrogens is 186 g/mol. The van der Waals surface area contributed by atoms with Gasteiger partial charge in [0.05, 0.1) is 12.5 Å². The van der Waals surface area contributed by atoms with Gasteiger partial charge in [-0.2, -0.15) is 5.26 Å². The first kappa shape index (κ1) is 12.2. The fraction of sp³-hybridized carbons (Fsp3) is 0.625. The number of nitrogens with one attached hydrogen (secondary N) is 1. The maximum Gasteiger partial charge on any atom is 0.325 e. The van der Waals surface area contributed by atoms with Crippen molar-refractivity contribution >= 4 is 12.0 Å². The average molecular weight is 199 g/mol. The van der Waals surface area contributed by atoms with Crippen LogP contribution < -0.4 is 5.32 Å². The quantitative estimate of drug-likeness (QED) is 0.667. The molecule has 6 nitrogen and oxygen atoms in total. The molecule has 0 heterocycles. The highest BCUT2D eigenvalue weighted by atomic mass is 16.4. The second kappa shape index (κ2) is 5.80. The Bertz CT molecular complexity index is 259. The van der Waals surface area contributed by atoms with Gasteiger partial charge < -0.3 is 15.3 Å². The molecule has 1 atom stereocenters. The lowest BCUT2D eigenvalue weighted by Crippen LogP contribution is -2.45. The smallest absolute Gasteiger partial charge is 0.325 e. The van der Waals surface area contributed by atoms with Crippen LogP contribution >= 0.6 is 0 Å². The van der Waals surface area contributed by atoms with Gasteiger partial charge in [-0.25, -0.2) is 4.79 Å². The standard InChI is InChI=1S/C8H13N3O3/c1-6(7(12)13)10-8(14)11(2)5-3-4-9/h6H,3,5H2,1-2H3,(H,10,14)(H,12,13)/t6-/m0/s1. The lowest BCUT2D eigenvalue weighted by atomic mass is 10.3. The van der Waals surface area contributed by atoms with Crippen LogP contribution in [0.15, 0.2) is 0 Å². The van der Waals surface area contributed by atoms with Crippen molar-refractivity contribution < 1.29 is 14.7 Å². The van der Waals surface area contributed by atoms with Crippen molar-refractivity contribution in [2.24, 2.45) is 0 Å². The topological polar surface area (TPSA) is 93.4 Å². The molecule has 0 bridgehead atoms. The summed E-state index contributed by atoms with van der Waals surface area (Å²) >= 11 is 0. The second-order valence-electron chi connectivity index (χ2n) is 2.84. The van der Waals surface area contributed by atoms with Crippen molar-refractivity contribution in [3.8, 4) is 6.07 Å². The first-order valence-corrected chi connectivity index (χ1v) is 4.10. The number of carboxylic acid groups (broad SMARTS) is 1. The van der Waals surface area contributed by atoms with E-state index in [9.17, 15) is 9.59 Å². The summed E-state index contributed by atoms with van der Waals surface area (Å²) in [5.74, 6) is -1.09. The highest BCUT2D eigenvalue weighted by Gasteiger charge is 2.16. The summed E-state index contributed by atoms with van der Waals surface area (Å²) in [6, 6.07) is 0.477. The number of rotatable bonds is 4. The molecule has 0 aliphatic carbocycles. The number of amides is 2. The molecule has 0 saturated heterocycles. The van der Waals surface area contributed by atoms with Crippen LogP contribution in [0.3, 0.4) is 0 Å². The Labute approximate surface area is 82.1 Å². The van der Waals surface area contributed by atoms with Crippen molar-refractivity contribution in [3.05, 3.63) is 0 Å². The number of urea groups is 1. The second-order valence-corrected chi connectivity index (χ2v) is 2.84. The fourth-order valence-electron chi connectivity index (χ4n) is 0.676. The Hall–Kier alpha value is -1.77. The number of carbonyl (C=O) groups is 2. The van der Waals surface area contributed by atoms with Gasteiger partial charge in [0.2, 0.25) is 0 Å². The van der Waals surface area contributed by atoms with Gasteiger partial charge in [0.15, 0.2) is 0 Å². The van der Waals surface area contributed by atoms with Gasteiger partial charge in [0.1, 0.15) is 6.04 Å². The summed E-state index contributed by atoms with van der Waals surface area (Å²) in [4.78, 5) is 22.9. The Kier molecular flexibility index (Phi) is 5.07. The molecule has 2 amide bonds.